The van der Waals surface area contributed by atoms with Crippen molar-refractivity contribution in [3.63, 3.8) is 0 Å². The molecule has 0 aromatic heterocycles. The highest BCUT2D eigenvalue weighted by molar-refractivity contribution is 6.09. The zero-order valence-corrected chi connectivity index (χ0v) is 18.1. The Balaban J connectivity index is 1.62. The lowest BCUT2D eigenvalue weighted by Gasteiger charge is -2.11. The van der Waals surface area contributed by atoms with Gasteiger partial charge in [0.05, 0.1) is 16.7 Å². The van der Waals surface area contributed by atoms with Crippen molar-refractivity contribution in [3.05, 3.63) is 138 Å². The average Bonchev–Trinajstić information content (AvgIpc) is 2.89. The minimum Gasteiger partial charge on any atom is -0.423 e. The van der Waals surface area contributed by atoms with Crippen LogP contribution in [0.25, 0.3) is 6.08 Å². The third-order valence-corrected chi connectivity index (χ3v) is 4.88. The van der Waals surface area contributed by atoms with Gasteiger partial charge >= 0.3 is 11.9 Å². The molecule has 0 radical (unpaired) electrons. The monoisotopic (exact) mass is 448 g/mol. The van der Waals surface area contributed by atoms with Crippen molar-refractivity contribution in [1.29, 1.82) is 0 Å². The fourth-order valence-electron chi connectivity index (χ4n) is 3.15. The van der Waals surface area contributed by atoms with Crippen molar-refractivity contribution in [3.8, 4) is 11.5 Å². The maximum atomic E-state index is 12.9. The molecule has 5 heteroatoms. The van der Waals surface area contributed by atoms with Crippen LogP contribution < -0.4 is 9.47 Å². The van der Waals surface area contributed by atoms with E-state index >= 15 is 0 Å². The zero-order valence-electron chi connectivity index (χ0n) is 18.1. The summed E-state index contributed by atoms with van der Waals surface area (Å²) in [5, 5.41) is 0. The second-order valence-corrected chi connectivity index (χ2v) is 7.28. The Kier molecular flexibility index (Phi) is 7.06. The van der Waals surface area contributed by atoms with Crippen molar-refractivity contribution in [2.75, 3.05) is 0 Å². The summed E-state index contributed by atoms with van der Waals surface area (Å²) in [4.78, 5) is 38.0. The van der Waals surface area contributed by atoms with E-state index in [9.17, 15) is 14.4 Å². The number of hydrogen-bond donors (Lipinski definition) is 0. The Labute approximate surface area is 196 Å². The number of benzene rings is 4. The van der Waals surface area contributed by atoms with Crippen molar-refractivity contribution in [2.45, 2.75) is 0 Å². The van der Waals surface area contributed by atoms with E-state index in [1.165, 1.54) is 24.3 Å². The summed E-state index contributed by atoms with van der Waals surface area (Å²) in [6.45, 7) is 0. The van der Waals surface area contributed by atoms with Crippen LogP contribution in [0.4, 0.5) is 0 Å². The number of esters is 2. The minimum absolute atomic E-state index is 0.00470. The van der Waals surface area contributed by atoms with Crippen LogP contribution in [0.5, 0.6) is 11.5 Å². The van der Waals surface area contributed by atoms with Gasteiger partial charge in [0, 0.05) is 6.07 Å². The summed E-state index contributed by atoms with van der Waals surface area (Å²) >= 11 is 0. The van der Waals surface area contributed by atoms with Crippen LogP contribution in [0.15, 0.2) is 115 Å². The van der Waals surface area contributed by atoms with Crippen LogP contribution in [0.2, 0.25) is 0 Å². The third kappa shape index (κ3) is 5.72. The molecule has 5 nitrogen and oxygen atoms in total. The molecule has 0 N–H and O–H groups in total. The Bertz CT molecular complexity index is 1330. The van der Waals surface area contributed by atoms with Crippen LogP contribution in [0, 0.1) is 0 Å². The molecular formula is C29H20O5. The van der Waals surface area contributed by atoms with Crippen LogP contribution >= 0.6 is 0 Å². The highest BCUT2D eigenvalue weighted by Gasteiger charge is 2.18. The van der Waals surface area contributed by atoms with Crippen molar-refractivity contribution >= 4 is 23.8 Å². The normalized spacial score (nSPS) is 10.6. The predicted molar refractivity (Wildman–Crippen MR) is 129 cm³/mol. The summed E-state index contributed by atoms with van der Waals surface area (Å²) < 4.78 is 11.0. The van der Waals surface area contributed by atoms with Gasteiger partial charge < -0.3 is 9.47 Å². The van der Waals surface area contributed by atoms with Gasteiger partial charge in [0.25, 0.3) is 0 Å². The van der Waals surface area contributed by atoms with Crippen LogP contribution in [0.3, 0.4) is 0 Å². The van der Waals surface area contributed by atoms with Crippen molar-refractivity contribution in [2.24, 2.45) is 0 Å². The molecule has 0 heterocycles. The topological polar surface area (TPSA) is 69.7 Å². The molecule has 0 unspecified atom stereocenters. The van der Waals surface area contributed by atoms with E-state index in [0.717, 1.165) is 5.56 Å². The molecule has 0 bridgehead atoms. The van der Waals surface area contributed by atoms with E-state index in [1.807, 2.05) is 30.3 Å². The van der Waals surface area contributed by atoms with E-state index in [2.05, 4.69) is 0 Å². The maximum Gasteiger partial charge on any atom is 0.343 e. The van der Waals surface area contributed by atoms with E-state index < -0.39 is 11.9 Å². The number of hydrogen-bond acceptors (Lipinski definition) is 5. The lowest BCUT2D eigenvalue weighted by Crippen LogP contribution is -2.12. The molecule has 0 aliphatic rings. The zero-order chi connectivity index (χ0) is 23.8. The van der Waals surface area contributed by atoms with Crippen molar-refractivity contribution < 1.29 is 23.9 Å². The fourth-order valence-corrected chi connectivity index (χ4v) is 3.15. The van der Waals surface area contributed by atoms with Gasteiger partial charge in [0.2, 0.25) is 0 Å². The molecule has 0 aliphatic heterocycles. The van der Waals surface area contributed by atoms with Gasteiger partial charge in [0.1, 0.15) is 11.5 Å². The smallest absolute Gasteiger partial charge is 0.343 e. The summed E-state index contributed by atoms with van der Waals surface area (Å²) in [6, 6.07) is 30.6. The number of allylic oxidation sites excluding steroid dienone is 1. The first-order chi connectivity index (χ1) is 16.6. The molecule has 0 atom stereocenters. The molecule has 0 amide bonds. The number of rotatable bonds is 7. The van der Waals surface area contributed by atoms with Gasteiger partial charge in [0.15, 0.2) is 5.78 Å². The second kappa shape index (κ2) is 10.7. The highest BCUT2D eigenvalue weighted by Crippen LogP contribution is 2.27. The standard InChI is InChI=1S/C29H20O5/c30-26(19-16-21-10-4-1-5-11-21)25-18-17-24(33-28(31)22-12-6-2-7-13-22)20-27(25)34-29(32)23-14-8-3-9-15-23/h1-20H/b19-16+. The first-order valence-corrected chi connectivity index (χ1v) is 10.6. The molecule has 166 valence electrons. The SMILES string of the molecule is O=C(Oc1ccc(C(=O)/C=C/c2ccccc2)c(OC(=O)c2ccccc2)c1)c1ccccc1. The molecule has 0 saturated carbocycles. The summed E-state index contributed by atoms with van der Waals surface area (Å²) in [5.74, 6) is -1.42. The highest BCUT2D eigenvalue weighted by atomic mass is 16.5. The molecule has 4 aromatic carbocycles. The van der Waals surface area contributed by atoms with Crippen molar-refractivity contribution in [1.82, 2.24) is 0 Å². The Morgan fingerprint density at radius 1 is 0.588 bits per heavy atom. The first kappa shape index (κ1) is 22.4. The molecule has 4 rings (SSSR count). The van der Waals surface area contributed by atoms with Gasteiger partial charge in [-0.05, 0) is 48.0 Å². The fraction of sp³-hybridized carbons (Fsp3) is 0. The molecule has 4 aromatic rings. The Morgan fingerprint density at radius 2 is 1.12 bits per heavy atom. The predicted octanol–water partition coefficient (Wildman–Crippen LogP) is 6.02. The van der Waals surface area contributed by atoms with Gasteiger partial charge in [-0.1, -0.05) is 72.8 Å². The number of carbonyl (C=O) groups is 3. The number of ketones is 1. The van der Waals surface area contributed by atoms with Crippen LogP contribution in [0.1, 0.15) is 36.6 Å². The van der Waals surface area contributed by atoms with Gasteiger partial charge in [-0.15, -0.1) is 0 Å². The second-order valence-electron chi connectivity index (χ2n) is 7.28. The molecule has 0 fully saturated rings. The number of carbonyl (C=O) groups excluding carboxylic acids is 3. The van der Waals surface area contributed by atoms with E-state index in [-0.39, 0.29) is 22.8 Å². The van der Waals surface area contributed by atoms with E-state index in [1.54, 1.807) is 66.7 Å². The van der Waals surface area contributed by atoms with Gasteiger partial charge in [-0.25, -0.2) is 9.59 Å². The maximum absolute atomic E-state index is 12.9. The molecule has 0 saturated heterocycles. The van der Waals surface area contributed by atoms with Crippen LogP contribution in [-0.2, 0) is 0 Å². The molecule has 34 heavy (non-hydrogen) atoms. The van der Waals surface area contributed by atoms with E-state index in [4.69, 9.17) is 9.47 Å². The van der Waals surface area contributed by atoms with Gasteiger partial charge in [-0.2, -0.15) is 0 Å². The largest absolute Gasteiger partial charge is 0.423 e. The Morgan fingerprint density at radius 3 is 1.71 bits per heavy atom. The summed E-state index contributed by atoms with van der Waals surface area (Å²) in [6.07, 6.45) is 3.08. The molecule has 0 aliphatic carbocycles. The molecule has 0 spiro atoms. The average molecular weight is 448 g/mol. The minimum atomic E-state index is -0.631. The summed E-state index contributed by atoms with van der Waals surface area (Å²) in [5.41, 5.74) is 1.71. The lowest BCUT2D eigenvalue weighted by atomic mass is 10.1. The van der Waals surface area contributed by atoms with Crippen LogP contribution in [-0.4, -0.2) is 17.7 Å². The molecular weight excluding hydrogens is 428 g/mol. The lowest BCUT2D eigenvalue weighted by molar-refractivity contribution is 0.0732. The quantitative estimate of drug-likeness (QED) is 0.150. The number of ether oxygens (including phenoxy) is 2. The van der Waals surface area contributed by atoms with E-state index in [0.29, 0.717) is 11.1 Å². The summed E-state index contributed by atoms with van der Waals surface area (Å²) in [7, 11) is 0. The Hall–Kier alpha value is -4.77. The third-order valence-electron chi connectivity index (χ3n) is 4.88. The first-order valence-electron chi connectivity index (χ1n) is 10.6. The van der Waals surface area contributed by atoms with Gasteiger partial charge in [-0.3, -0.25) is 4.79 Å².